The summed E-state index contributed by atoms with van der Waals surface area (Å²) in [6.07, 6.45) is 0.162. The number of benzene rings is 2. The zero-order valence-electron chi connectivity index (χ0n) is 10.9. The first-order chi connectivity index (χ1) is 9.49. The van der Waals surface area contributed by atoms with Gasteiger partial charge in [0.15, 0.2) is 0 Å². The molecule has 0 saturated heterocycles. The molecule has 0 aliphatic rings. The fraction of sp³-hybridized carbons (Fsp3) is 0.188. The van der Waals surface area contributed by atoms with Gasteiger partial charge in [-0.2, -0.15) is 0 Å². The van der Waals surface area contributed by atoms with Gasteiger partial charge in [0.25, 0.3) is 0 Å². The lowest BCUT2D eigenvalue weighted by atomic mass is 9.91. The molecule has 0 bridgehead atoms. The Bertz CT molecular complexity index is 640. The van der Waals surface area contributed by atoms with E-state index in [1.54, 1.807) is 12.1 Å². The minimum Gasteiger partial charge on any atom is -0.481 e. The van der Waals surface area contributed by atoms with Gasteiger partial charge in [-0.3, -0.25) is 4.79 Å². The van der Waals surface area contributed by atoms with E-state index in [4.69, 9.17) is 11.6 Å². The van der Waals surface area contributed by atoms with E-state index in [0.717, 1.165) is 5.56 Å². The number of rotatable bonds is 4. The van der Waals surface area contributed by atoms with Crippen LogP contribution in [-0.2, 0) is 11.2 Å². The molecule has 0 fully saturated rings. The Morgan fingerprint density at radius 3 is 2.65 bits per heavy atom. The summed E-state index contributed by atoms with van der Waals surface area (Å²) in [5.41, 5.74) is 2.18. The van der Waals surface area contributed by atoms with Crippen LogP contribution in [0.2, 0.25) is 5.02 Å². The van der Waals surface area contributed by atoms with Crippen LogP contribution in [0.4, 0.5) is 4.39 Å². The van der Waals surface area contributed by atoms with Gasteiger partial charge in [-0.15, -0.1) is 0 Å². The quantitative estimate of drug-likeness (QED) is 0.917. The Labute approximate surface area is 121 Å². The molecule has 104 valence electrons. The third-order valence-electron chi connectivity index (χ3n) is 3.20. The SMILES string of the molecule is Cc1cccc(C(Cc2cccc(F)c2Cl)C(=O)O)c1. The molecule has 0 radical (unpaired) electrons. The highest BCUT2D eigenvalue weighted by Gasteiger charge is 2.22. The average molecular weight is 293 g/mol. The molecule has 2 aromatic rings. The van der Waals surface area contributed by atoms with Crippen molar-refractivity contribution in [1.29, 1.82) is 0 Å². The highest BCUT2D eigenvalue weighted by Crippen LogP contribution is 2.27. The third kappa shape index (κ3) is 3.17. The van der Waals surface area contributed by atoms with Gasteiger partial charge in [0.2, 0.25) is 0 Å². The number of hydrogen-bond donors (Lipinski definition) is 1. The van der Waals surface area contributed by atoms with Crippen LogP contribution in [0.25, 0.3) is 0 Å². The summed E-state index contributed by atoms with van der Waals surface area (Å²) >= 11 is 5.89. The second-order valence-corrected chi connectivity index (χ2v) is 5.10. The second kappa shape index (κ2) is 6.06. The highest BCUT2D eigenvalue weighted by atomic mass is 35.5. The molecular formula is C16H14ClFO2. The third-order valence-corrected chi connectivity index (χ3v) is 3.62. The Kier molecular flexibility index (Phi) is 4.40. The monoisotopic (exact) mass is 292 g/mol. The van der Waals surface area contributed by atoms with E-state index in [0.29, 0.717) is 11.1 Å². The first-order valence-electron chi connectivity index (χ1n) is 6.21. The molecule has 0 saturated carbocycles. The van der Waals surface area contributed by atoms with Crippen molar-refractivity contribution in [2.24, 2.45) is 0 Å². The van der Waals surface area contributed by atoms with Crippen LogP contribution in [-0.4, -0.2) is 11.1 Å². The number of carbonyl (C=O) groups is 1. The van der Waals surface area contributed by atoms with Crippen LogP contribution in [0.15, 0.2) is 42.5 Å². The summed E-state index contributed by atoms with van der Waals surface area (Å²) in [5, 5.41) is 9.39. The fourth-order valence-electron chi connectivity index (χ4n) is 2.16. The van der Waals surface area contributed by atoms with Gasteiger partial charge in [0.05, 0.1) is 10.9 Å². The molecule has 2 rings (SSSR count). The molecule has 20 heavy (non-hydrogen) atoms. The number of halogens is 2. The predicted molar refractivity (Wildman–Crippen MR) is 76.7 cm³/mol. The van der Waals surface area contributed by atoms with Gasteiger partial charge in [-0.1, -0.05) is 53.6 Å². The first kappa shape index (κ1) is 14.5. The molecule has 1 atom stereocenters. The minimum atomic E-state index is -0.948. The maximum Gasteiger partial charge on any atom is 0.311 e. The summed E-state index contributed by atoms with van der Waals surface area (Å²) in [6.45, 7) is 1.90. The van der Waals surface area contributed by atoms with Gasteiger partial charge in [-0.05, 0) is 30.5 Å². The van der Waals surface area contributed by atoms with E-state index in [2.05, 4.69) is 0 Å². The van der Waals surface area contributed by atoms with Crippen LogP contribution in [0.3, 0.4) is 0 Å². The second-order valence-electron chi connectivity index (χ2n) is 4.72. The maximum absolute atomic E-state index is 13.4. The van der Waals surface area contributed by atoms with Crippen molar-refractivity contribution in [2.75, 3.05) is 0 Å². The largest absolute Gasteiger partial charge is 0.481 e. The van der Waals surface area contributed by atoms with Crippen molar-refractivity contribution in [3.05, 3.63) is 70.0 Å². The molecule has 1 unspecified atom stereocenters. The fourth-order valence-corrected chi connectivity index (χ4v) is 2.36. The van der Waals surface area contributed by atoms with Crippen molar-refractivity contribution in [3.63, 3.8) is 0 Å². The molecule has 0 aromatic heterocycles. The molecule has 4 heteroatoms. The zero-order chi connectivity index (χ0) is 14.7. The Hall–Kier alpha value is -1.87. The summed E-state index contributed by atoms with van der Waals surface area (Å²) in [6, 6.07) is 11.7. The molecule has 2 aromatic carbocycles. The number of aryl methyl sites for hydroxylation is 1. The van der Waals surface area contributed by atoms with Crippen LogP contribution >= 0.6 is 11.6 Å². The van der Waals surface area contributed by atoms with E-state index in [-0.39, 0.29) is 11.4 Å². The summed E-state index contributed by atoms with van der Waals surface area (Å²) < 4.78 is 13.4. The van der Waals surface area contributed by atoms with Crippen LogP contribution in [0, 0.1) is 12.7 Å². The number of carboxylic acid groups (broad SMARTS) is 1. The van der Waals surface area contributed by atoms with Crippen molar-refractivity contribution in [2.45, 2.75) is 19.3 Å². The molecule has 0 heterocycles. The predicted octanol–water partition coefficient (Wildman–Crippen LogP) is 4.20. The normalized spacial score (nSPS) is 12.2. The lowest BCUT2D eigenvalue weighted by Gasteiger charge is -2.14. The molecule has 0 amide bonds. The molecule has 0 aliphatic heterocycles. The van der Waals surface area contributed by atoms with Gasteiger partial charge in [0.1, 0.15) is 5.82 Å². The summed E-state index contributed by atoms with van der Waals surface area (Å²) in [5.74, 6) is -2.22. The highest BCUT2D eigenvalue weighted by molar-refractivity contribution is 6.31. The van der Waals surface area contributed by atoms with Crippen LogP contribution < -0.4 is 0 Å². The van der Waals surface area contributed by atoms with E-state index in [1.165, 1.54) is 12.1 Å². The van der Waals surface area contributed by atoms with Crippen LogP contribution in [0.1, 0.15) is 22.6 Å². The average Bonchev–Trinajstić information content (AvgIpc) is 2.40. The van der Waals surface area contributed by atoms with E-state index < -0.39 is 17.7 Å². The summed E-state index contributed by atoms with van der Waals surface area (Å²) in [7, 11) is 0. The number of hydrogen-bond acceptors (Lipinski definition) is 1. The number of carboxylic acids is 1. The van der Waals surface area contributed by atoms with Crippen molar-refractivity contribution >= 4 is 17.6 Å². The van der Waals surface area contributed by atoms with Gasteiger partial charge in [-0.25, -0.2) is 4.39 Å². The molecular weight excluding hydrogens is 279 g/mol. The van der Waals surface area contributed by atoms with Crippen molar-refractivity contribution < 1.29 is 14.3 Å². The zero-order valence-corrected chi connectivity index (χ0v) is 11.7. The molecule has 0 spiro atoms. The van der Waals surface area contributed by atoms with E-state index >= 15 is 0 Å². The van der Waals surface area contributed by atoms with Gasteiger partial charge < -0.3 is 5.11 Å². The van der Waals surface area contributed by atoms with Crippen molar-refractivity contribution in [3.8, 4) is 0 Å². The van der Waals surface area contributed by atoms with Gasteiger partial charge >= 0.3 is 5.97 Å². The maximum atomic E-state index is 13.4. The number of aliphatic carboxylic acids is 1. The topological polar surface area (TPSA) is 37.3 Å². The Balaban J connectivity index is 2.36. The smallest absolute Gasteiger partial charge is 0.311 e. The molecule has 0 aliphatic carbocycles. The lowest BCUT2D eigenvalue weighted by Crippen LogP contribution is -2.15. The minimum absolute atomic E-state index is 0.00796. The Morgan fingerprint density at radius 2 is 2.00 bits per heavy atom. The standard InChI is InChI=1S/C16H14ClFO2/c1-10-4-2-5-11(8-10)13(16(19)20)9-12-6-3-7-14(18)15(12)17/h2-8,13H,9H2,1H3,(H,19,20). The van der Waals surface area contributed by atoms with E-state index in [9.17, 15) is 14.3 Å². The van der Waals surface area contributed by atoms with E-state index in [1.807, 2.05) is 25.1 Å². The summed E-state index contributed by atoms with van der Waals surface area (Å²) in [4.78, 5) is 11.5. The van der Waals surface area contributed by atoms with Crippen LogP contribution in [0.5, 0.6) is 0 Å². The molecule has 1 N–H and O–H groups in total. The van der Waals surface area contributed by atoms with Crippen molar-refractivity contribution in [1.82, 2.24) is 0 Å². The lowest BCUT2D eigenvalue weighted by molar-refractivity contribution is -0.138. The van der Waals surface area contributed by atoms with Gasteiger partial charge in [0, 0.05) is 0 Å². The Morgan fingerprint density at radius 1 is 1.30 bits per heavy atom. The molecule has 2 nitrogen and oxygen atoms in total. The first-order valence-corrected chi connectivity index (χ1v) is 6.59.